The SMILES string of the molecule is CC(C)c1nncn1CCNC(=O)c1sccc1F. The fraction of sp³-hybridized carbons (Fsp3) is 0.417. The summed E-state index contributed by atoms with van der Waals surface area (Å²) in [7, 11) is 0. The topological polar surface area (TPSA) is 59.8 Å². The molecule has 1 amide bonds. The normalized spacial score (nSPS) is 10.9. The Kier molecular flexibility index (Phi) is 4.26. The van der Waals surface area contributed by atoms with Crippen LogP contribution in [0.5, 0.6) is 0 Å². The largest absolute Gasteiger partial charge is 0.349 e. The Morgan fingerprint density at radius 2 is 2.37 bits per heavy atom. The third-order valence-electron chi connectivity index (χ3n) is 2.62. The molecule has 0 radical (unpaired) electrons. The van der Waals surface area contributed by atoms with Crippen LogP contribution in [-0.4, -0.2) is 27.2 Å². The van der Waals surface area contributed by atoms with E-state index in [2.05, 4.69) is 15.5 Å². The van der Waals surface area contributed by atoms with E-state index >= 15 is 0 Å². The molecular weight excluding hydrogens is 267 g/mol. The third kappa shape index (κ3) is 3.17. The molecule has 2 aromatic rings. The van der Waals surface area contributed by atoms with Crippen LogP contribution in [0.3, 0.4) is 0 Å². The second-order valence-electron chi connectivity index (χ2n) is 4.39. The molecule has 1 N–H and O–H groups in total. The lowest BCUT2D eigenvalue weighted by Gasteiger charge is -2.09. The molecule has 7 heteroatoms. The molecule has 2 rings (SSSR count). The molecule has 19 heavy (non-hydrogen) atoms. The molecule has 0 unspecified atom stereocenters. The smallest absolute Gasteiger partial charge is 0.264 e. The summed E-state index contributed by atoms with van der Waals surface area (Å²) in [5, 5.41) is 12.1. The van der Waals surface area contributed by atoms with Crippen LogP contribution in [0.4, 0.5) is 4.39 Å². The van der Waals surface area contributed by atoms with Crippen molar-refractivity contribution in [2.75, 3.05) is 6.54 Å². The van der Waals surface area contributed by atoms with Crippen molar-refractivity contribution >= 4 is 17.2 Å². The molecular formula is C12H15FN4OS. The van der Waals surface area contributed by atoms with E-state index in [0.717, 1.165) is 17.2 Å². The Hall–Kier alpha value is -1.76. The van der Waals surface area contributed by atoms with Gasteiger partial charge in [-0.2, -0.15) is 0 Å². The predicted octanol–water partition coefficient (Wildman–Crippen LogP) is 2.03. The Bertz CT molecular complexity index is 564. The van der Waals surface area contributed by atoms with Gasteiger partial charge in [-0.25, -0.2) is 4.39 Å². The van der Waals surface area contributed by atoms with E-state index < -0.39 is 5.82 Å². The molecule has 2 heterocycles. The number of nitrogens with one attached hydrogen (secondary N) is 1. The lowest BCUT2D eigenvalue weighted by atomic mass is 10.2. The van der Waals surface area contributed by atoms with E-state index in [-0.39, 0.29) is 16.7 Å². The van der Waals surface area contributed by atoms with Crippen LogP contribution < -0.4 is 5.32 Å². The zero-order valence-electron chi connectivity index (χ0n) is 10.8. The van der Waals surface area contributed by atoms with Crippen molar-refractivity contribution in [1.82, 2.24) is 20.1 Å². The van der Waals surface area contributed by atoms with Gasteiger partial charge in [0.2, 0.25) is 0 Å². The van der Waals surface area contributed by atoms with Gasteiger partial charge in [0.25, 0.3) is 5.91 Å². The average Bonchev–Trinajstić information content (AvgIpc) is 2.97. The highest BCUT2D eigenvalue weighted by atomic mass is 32.1. The fourth-order valence-electron chi connectivity index (χ4n) is 1.71. The molecule has 0 aliphatic rings. The Morgan fingerprint density at radius 1 is 1.58 bits per heavy atom. The molecule has 0 fully saturated rings. The zero-order chi connectivity index (χ0) is 13.8. The first-order valence-corrected chi connectivity index (χ1v) is 6.86. The minimum Gasteiger partial charge on any atom is -0.349 e. The van der Waals surface area contributed by atoms with Crippen LogP contribution >= 0.6 is 11.3 Å². The number of carbonyl (C=O) groups excluding carboxylic acids is 1. The van der Waals surface area contributed by atoms with Crippen LogP contribution in [0, 0.1) is 5.82 Å². The van der Waals surface area contributed by atoms with Crippen molar-refractivity contribution in [2.45, 2.75) is 26.3 Å². The minimum absolute atomic E-state index is 0.118. The summed E-state index contributed by atoms with van der Waals surface area (Å²) in [5.41, 5.74) is 0. The molecule has 0 saturated carbocycles. The van der Waals surface area contributed by atoms with Crippen molar-refractivity contribution in [3.63, 3.8) is 0 Å². The first-order valence-electron chi connectivity index (χ1n) is 5.98. The van der Waals surface area contributed by atoms with Gasteiger partial charge in [0.1, 0.15) is 22.8 Å². The van der Waals surface area contributed by atoms with Crippen LogP contribution in [0.15, 0.2) is 17.8 Å². The first kappa shape index (κ1) is 13.7. The highest BCUT2D eigenvalue weighted by molar-refractivity contribution is 7.12. The fourth-order valence-corrected chi connectivity index (χ4v) is 2.39. The van der Waals surface area contributed by atoms with Crippen molar-refractivity contribution in [1.29, 1.82) is 0 Å². The summed E-state index contributed by atoms with van der Waals surface area (Å²) in [5.74, 6) is 0.283. The summed E-state index contributed by atoms with van der Waals surface area (Å²) in [4.78, 5) is 11.8. The molecule has 5 nitrogen and oxygen atoms in total. The van der Waals surface area contributed by atoms with E-state index in [1.54, 1.807) is 11.7 Å². The van der Waals surface area contributed by atoms with Gasteiger partial charge in [0.05, 0.1) is 0 Å². The maximum absolute atomic E-state index is 13.2. The van der Waals surface area contributed by atoms with Gasteiger partial charge in [-0.3, -0.25) is 4.79 Å². The second-order valence-corrected chi connectivity index (χ2v) is 5.31. The Balaban J connectivity index is 1.89. The number of hydrogen-bond donors (Lipinski definition) is 1. The predicted molar refractivity (Wildman–Crippen MR) is 70.7 cm³/mol. The molecule has 0 aliphatic heterocycles. The summed E-state index contributed by atoms with van der Waals surface area (Å²) in [6, 6.07) is 1.29. The summed E-state index contributed by atoms with van der Waals surface area (Å²) >= 11 is 1.10. The van der Waals surface area contributed by atoms with Gasteiger partial charge in [-0.1, -0.05) is 13.8 Å². The highest BCUT2D eigenvalue weighted by Gasteiger charge is 2.13. The van der Waals surface area contributed by atoms with Gasteiger partial charge in [0.15, 0.2) is 0 Å². The Labute approximate surface area is 114 Å². The van der Waals surface area contributed by atoms with E-state index in [1.165, 1.54) is 6.07 Å². The monoisotopic (exact) mass is 282 g/mol. The molecule has 0 spiro atoms. The van der Waals surface area contributed by atoms with Crippen molar-refractivity contribution in [3.8, 4) is 0 Å². The third-order valence-corrected chi connectivity index (χ3v) is 3.51. The summed E-state index contributed by atoms with van der Waals surface area (Å²) < 4.78 is 15.1. The van der Waals surface area contributed by atoms with Crippen molar-refractivity contribution in [2.24, 2.45) is 0 Å². The lowest BCUT2D eigenvalue weighted by molar-refractivity contribution is 0.0952. The van der Waals surface area contributed by atoms with Gasteiger partial charge in [-0.05, 0) is 11.4 Å². The van der Waals surface area contributed by atoms with Gasteiger partial charge >= 0.3 is 0 Å². The molecule has 0 aromatic carbocycles. The zero-order valence-corrected chi connectivity index (χ0v) is 11.6. The number of rotatable bonds is 5. The van der Waals surface area contributed by atoms with Gasteiger partial charge in [-0.15, -0.1) is 21.5 Å². The van der Waals surface area contributed by atoms with Gasteiger partial charge in [0, 0.05) is 19.0 Å². The molecule has 102 valence electrons. The summed E-state index contributed by atoms with van der Waals surface area (Å²) in [6.45, 7) is 5.04. The number of thiophene rings is 1. The quantitative estimate of drug-likeness (QED) is 0.913. The summed E-state index contributed by atoms with van der Waals surface area (Å²) in [6.07, 6.45) is 1.63. The maximum Gasteiger partial charge on any atom is 0.264 e. The standard InChI is InChI=1S/C12H15FN4OS/c1-8(2)11-16-15-7-17(11)5-4-14-12(18)10-9(13)3-6-19-10/h3,6-8H,4-5H2,1-2H3,(H,14,18). The minimum atomic E-state index is -0.477. The van der Waals surface area contributed by atoms with E-state index in [0.29, 0.717) is 13.1 Å². The molecule has 0 aliphatic carbocycles. The van der Waals surface area contributed by atoms with Crippen LogP contribution in [0.25, 0.3) is 0 Å². The highest BCUT2D eigenvalue weighted by Crippen LogP contribution is 2.14. The van der Waals surface area contributed by atoms with E-state index in [1.807, 2.05) is 18.4 Å². The van der Waals surface area contributed by atoms with E-state index in [4.69, 9.17) is 0 Å². The molecule has 0 atom stereocenters. The van der Waals surface area contributed by atoms with Gasteiger partial charge < -0.3 is 9.88 Å². The average molecular weight is 282 g/mol. The van der Waals surface area contributed by atoms with Crippen molar-refractivity contribution in [3.05, 3.63) is 34.3 Å². The second kappa shape index (κ2) is 5.92. The molecule has 2 aromatic heterocycles. The number of hydrogen-bond acceptors (Lipinski definition) is 4. The number of aromatic nitrogens is 3. The first-order chi connectivity index (χ1) is 9.09. The molecule has 0 saturated heterocycles. The number of nitrogens with zero attached hydrogens (tertiary/aromatic N) is 3. The van der Waals surface area contributed by atoms with Crippen LogP contribution in [0.1, 0.15) is 35.3 Å². The number of carbonyl (C=O) groups is 1. The maximum atomic E-state index is 13.2. The van der Waals surface area contributed by atoms with Crippen LogP contribution in [-0.2, 0) is 6.54 Å². The molecule has 0 bridgehead atoms. The lowest BCUT2D eigenvalue weighted by Crippen LogP contribution is -2.27. The van der Waals surface area contributed by atoms with Crippen molar-refractivity contribution < 1.29 is 9.18 Å². The van der Waals surface area contributed by atoms with E-state index in [9.17, 15) is 9.18 Å². The number of halogens is 1. The Morgan fingerprint density at radius 3 is 3.00 bits per heavy atom. The van der Waals surface area contributed by atoms with Crippen LogP contribution in [0.2, 0.25) is 0 Å². The number of amides is 1.